The van der Waals surface area contributed by atoms with Gasteiger partial charge in [0, 0.05) is 75.8 Å². The van der Waals surface area contributed by atoms with Gasteiger partial charge in [0.1, 0.15) is 23.3 Å². The number of benzene rings is 6. The summed E-state index contributed by atoms with van der Waals surface area (Å²) in [6.45, 7) is 7.79. The Labute approximate surface area is 379 Å². The number of rotatable bonds is 10. The van der Waals surface area contributed by atoms with Gasteiger partial charge in [-0.25, -0.2) is 17.6 Å². The predicted molar refractivity (Wildman–Crippen MR) is 240 cm³/mol. The first-order valence-electron chi connectivity index (χ1n) is 20.1. The van der Waals surface area contributed by atoms with E-state index in [0.29, 0.717) is 46.3 Å². The van der Waals surface area contributed by atoms with Gasteiger partial charge >= 0.3 is 0 Å². The first-order valence-corrected chi connectivity index (χ1v) is 21.6. The minimum atomic E-state index is -1.41. The average molecular weight is 923 g/mol. The second-order valence-electron chi connectivity index (χ2n) is 17.0. The Balaban J connectivity index is 0.000000188. The fraction of sp³-hybridized carbons (Fsp3) is 0.260. The lowest BCUT2D eigenvalue weighted by Gasteiger charge is -2.55. The average Bonchev–Trinajstić information content (AvgIpc) is 3.18. The van der Waals surface area contributed by atoms with E-state index in [4.69, 9.17) is 46.4 Å². The molecule has 6 aromatic carbocycles. The molecule has 8 rings (SSSR count). The zero-order valence-corrected chi connectivity index (χ0v) is 37.1. The summed E-state index contributed by atoms with van der Waals surface area (Å²) in [6.07, 6.45) is 0. The summed E-state index contributed by atoms with van der Waals surface area (Å²) in [7, 11) is 0. The SMILES string of the molecule is CC(C)(C)C(O)(c1cc(F)cc(F)c1)C1CN(C(c2ccc(Cl)cc2)c2ccc(Cl)cc2)C1.O=C(c1cc(F)cc(F)c1)C1CN(C(c2ccc(Cl)cc2)c2ccc(Cl)cc2)C1. The molecule has 2 saturated heterocycles. The van der Waals surface area contributed by atoms with Crippen LogP contribution in [0.15, 0.2) is 133 Å². The van der Waals surface area contributed by atoms with Crippen molar-refractivity contribution in [3.63, 3.8) is 0 Å². The maximum atomic E-state index is 14.1. The first kappa shape index (κ1) is 45.8. The first-order chi connectivity index (χ1) is 29.4. The number of hydrogen-bond donors (Lipinski definition) is 1. The van der Waals surface area contributed by atoms with E-state index in [9.17, 15) is 27.5 Å². The largest absolute Gasteiger partial charge is 0.384 e. The van der Waals surface area contributed by atoms with Crippen LogP contribution in [0.2, 0.25) is 20.1 Å². The van der Waals surface area contributed by atoms with Gasteiger partial charge in [0.05, 0.1) is 17.7 Å². The molecule has 0 radical (unpaired) electrons. The van der Waals surface area contributed by atoms with Crippen LogP contribution in [0.1, 0.15) is 71.0 Å². The van der Waals surface area contributed by atoms with Crippen molar-refractivity contribution in [2.24, 2.45) is 17.3 Å². The fourth-order valence-corrected chi connectivity index (χ4v) is 9.18. The van der Waals surface area contributed by atoms with Crippen LogP contribution in [0, 0.1) is 40.5 Å². The molecule has 0 bridgehead atoms. The molecule has 1 atom stereocenters. The van der Waals surface area contributed by atoms with Gasteiger partial charge in [-0.3, -0.25) is 14.6 Å². The molecule has 0 saturated carbocycles. The van der Waals surface area contributed by atoms with Crippen molar-refractivity contribution in [1.82, 2.24) is 9.80 Å². The van der Waals surface area contributed by atoms with Crippen molar-refractivity contribution in [3.8, 4) is 0 Å². The molecule has 1 N–H and O–H groups in total. The number of nitrogens with zero attached hydrogens (tertiary/aromatic N) is 2. The molecule has 0 aliphatic carbocycles. The Morgan fingerprint density at radius 2 is 0.839 bits per heavy atom. The molecule has 322 valence electrons. The summed E-state index contributed by atoms with van der Waals surface area (Å²) in [4.78, 5) is 17.1. The summed E-state index contributed by atoms with van der Waals surface area (Å²) in [6, 6.07) is 36.7. The summed E-state index contributed by atoms with van der Waals surface area (Å²) >= 11 is 24.3. The van der Waals surface area contributed by atoms with Crippen molar-refractivity contribution in [2.45, 2.75) is 38.5 Å². The molecular formula is C50H44Cl4F4N2O2. The topological polar surface area (TPSA) is 43.8 Å². The predicted octanol–water partition coefficient (Wildman–Crippen LogP) is 13.4. The lowest BCUT2D eigenvalue weighted by Crippen LogP contribution is -2.61. The molecule has 2 aliphatic rings. The van der Waals surface area contributed by atoms with Crippen LogP contribution in [0.25, 0.3) is 0 Å². The number of Topliss-reactive ketones (excluding diaryl/α,β-unsaturated/α-hetero) is 1. The van der Waals surface area contributed by atoms with Crippen molar-refractivity contribution in [2.75, 3.05) is 26.2 Å². The molecule has 2 heterocycles. The van der Waals surface area contributed by atoms with Crippen molar-refractivity contribution < 1.29 is 27.5 Å². The van der Waals surface area contributed by atoms with Gasteiger partial charge in [0.25, 0.3) is 0 Å². The van der Waals surface area contributed by atoms with Crippen molar-refractivity contribution in [1.29, 1.82) is 0 Å². The van der Waals surface area contributed by atoms with Crippen LogP contribution in [0.5, 0.6) is 0 Å². The highest BCUT2D eigenvalue weighted by atomic mass is 35.5. The molecule has 2 fully saturated rings. The number of hydrogen-bond acceptors (Lipinski definition) is 4. The van der Waals surface area contributed by atoms with E-state index in [1.807, 2.05) is 118 Å². The Kier molecular flexibility index (Phi) is 13.9. The van der Waals surface area contributed by atoms with Crippen molar-refractivity contribution in [3.05, 3.63) is 210 Å². The van der Waals surface area contributed by atoms with Gasteiger partial charge in [-0.2, -0.15) is 0 Å². The smallest absolute Gasteiger partial charge is 0.168 e. The summed E-state index contributed by atoms with van der Waals surface area (Å²) in [5, 5.41) is 14.5. The summed E-state index contributed by atoms with van der Waals surface area (Å²) < 4.78 is 55.0. The van der Waals surface area contributed by atoms with Crippen LogP contribution < -0.4 is 0 Å². The molecule has 1 unspecified atom stereocenters. The molecular weight excluding hydrogens is 878 g/mol. The highest BCUT2D eigenvalue weighted by molar-refractivity contribution is 6.31. The second kappa shape index (κ2) is 18.8. The zero-order valence-electron chi connectivity index (χ0n) is 34.1. The van der Waals surface area contributed by atoms with Crippen LogP contribution in [0.4, 0.5) is 17.6 Å². The molecule has 0 aromatic heterocycles. The van der Waals surface area contributed by atoms with E-state index in [0.717, 1.165) is 46.5 Å². The third-order valence-corrected chi connectivity index (χ3v) is 12.9. The number of ketones is 1. The maximum absolute atomic E-state index is 14.1. The van der Waals surface area contributed by atoms with Gasteiger partial charge < -0.3 is 5.11 Å². The van der Waals surface area contributed by atoms with E-state index < -0.39 is 34.3 Å². The Bertz CT molecular complexity index is 2380. The van der Waals surface area contributed by atoms with Gasteiger partial charge in [0.15, 0.2) is 5.78 Å². The quantitative estimate of drug-likeness (QED) is 0.110. The third-order valence-electron chi connectivity index (χ3n) is 11.8. The van der Waals surface area contributed by atoms with Crippen LogP contribution in [-0.4, -0.2) is 46.9 Å². The highest BCUT2D eigenvalue weighted by Crippen LogP contribution is 2.50. The number of aliphatic hydroxyl groups is 1. The van der Waals surface area contributed by atoms with E-state index in [1.165, 1.54) is 12.1 Å². The van der Waals surface area contributed by atoms with E-state index >= 15 is 0 Å². The van der Waals surface area contributed by atoms with Gasteiger partial charge in [0.2, 0.25) is 0 Å². The lowest BCUT2D eigenvalue weighted by molar-refractivity contribution is -0.162. The normalized spacial score (nSPS) is 16.0. The second-order valence-corrected chi connectivity index (χ2v) is 18.8. The molecule has 12 heteroatoms. The third kappa shape index (κ3) is 10.1. The molecule has 2 aliphatic heterocycles. The monoisotopic (exact) mass is 920 g/mol. The Hall–Kier alpha value is -4.25. The van der Waals surface area contributed by atoms with Gasteiger partial charge in [-0.1, -0.05) is 116 Å². The van der Waals surface area contributed by atoms with E-state index in [2.05, 4.69) is 9.80 Å². The maximum Gasteiger partial charge on any atom is 0.168 e. The number of carbonyl (C=O) groups excluding carboxylic acids is 1. The van der Waals surface area contributed by atoms with Crippen LogP contribution in [0.3, 0.4) is 0 Å². The van der Waals surface area contributed by atoms with E-state index in [-0.39, 0.29) is 40.8 Å². The summed E-state index contributed by atoms with van der Waals surface area (Å²) in [5.41, 5.74) is 2.51. The van der Waals surface area contributed by atoms with Gasteiger partial charge in [-0.05, 0) is 106 Å². The fourth-order valence-electron chi connectivity index (χ4n) is 8.67. The number of carbonyl (C=O) groups is 1. The Morgan fingerprint density at radius 3 is 1.16 bits per heavy atom. The van der Waals surface area contributed by atoms with E-state index in [1.54, 1.807) is 0 Å². The molecule has 0 amide bonds. The molecule has 6 aromatic rings. The Morgan fingerprint density at radius 1 is 0.532 bits per heavy atom. The molecule has 0 spiro atoms. The van der Waals surface area contributed by atoms with Crippen molar-refractivity contribution >= 4 is 52.2 Å². The number of halogens is 8. The minimum absolute atomic E-state index is 0.0655. The summed E-state index contributed by atoms with van der Waals surface area (Å²) in [5.74, 6) is -3.63. The standard InChI is InChI=1S/C27H27Cl2F2NO.C23H17Cl2F2NO/c1-26(2,3)27(33,19-12-23(30)14-24(31)13-19)20-15-32(16-20)25(17-4-8-21(28)9-5-17)18-6-10-22(29)11-7-18;24-18-5-1-14(2-6-18)22(15-3-7-19(25)8-4-15)28-12-17(13-28)23(29)16-9-20(26)11-21(27)10-16/h4-14,20,25,33H,15-16H2,1-3H3;1-11,17,22H,12-13H2. The minimum Gasteiger partial charge on any atom is -0.384 e. The van der Waals surface area contributed by atoms with Crippen LogP contribution in [-0.2, 0) is 5.60 Å². The number of likely N-dealkylation sites (tertiary alicyclic amines) is 2. The highest BCUT2D eigenvalue weighted by Gasteiger charge is 2.53. The lowest BCUT2D eigenvalue weighted by atomic mass is 9.62. The molecule has 4 nitrogen and oxygen atoms in total. The zero-order chi connectivity index (χ0) is 44.5. The van der Waals surface area contributed by atoms with Gasteiger partial charge in [-0.15, -0.1) is 0 Å². The molecule has 62 heavy (non-hydrogen) atoms. The van der Waals surface area contributed by atoms with Crippen LogP contribution >= 0.6 is 46.4 Å².